The number of rotatable bonds is 5. The van der Waals surface area contributed by atoms with Crippen molar-refractivity contribution >= 4 is 35.1 Å². The Morgan fingerprint density at radius 1 is 1.30 bits per heavy atom. The molecule has 9 nitrogen and oxygen atoms in total. The van der Waals surface area contributed by atoms with E-state index in [0.717, 1.165) is 18.4 Å². The molecule has 1 saturated heterocycles. The van der Waals surface area contributed by atoms with Gasteiger partial charge in [0.2, 0.25) is 5.91 Å². The second-order valence-corrected chi connectivity index (χ2v) is 7.64. The van der Waals surface area contributed by atoms with Gasteiger partial charge in [0.25, 0.3) is 11.6 Å². The number of amides is 4. The number of hydrogen-bond acceptors (Lipinski definition) is 5. The van der Waals surface area contributed by atoms with Crippen LogP contribution < -0.4 is 10.6 Å². The highest BCUT2D eigenvalue weighted by atomic mass is 35.5. The summed E-state index contributed by atoms with van der Waals surface area (Å²) in [7, 11) is 0. The van der Waals surface area contributed by atoms with Crippen LogP contribution in [0.3, 0.4) is 0 Å². The van der Waals surface area contributed by atoms with Crippen molar-refractivity contribution in [2.75, 3.05) is 0 Å². The zero-order valence-electron chi connectivity index (χ0n) is 14.3. The van der Waals surface area contributed by atoms with Gasteiger partial charge >= 0.3 is 6.03 Å². The van der Waals surface area contributed by atoms with Crippen LogP contribution in [0.5, 0.6) is 0 Å². The van der Waals surface area contributed by atoms with E-state index in [1.54, 1.807) is 4.90 Å². The van der Waals surface area contributed by atoms with E-state index in [9.17, 15) is 24.5 Å². The minimum absolute atomic E-state index is 0.0473. The number of hydrogen-bond donors (Lipinski definition) is 2. The standard InChI is InChI=1S/C17H17ClN4O5/c18-12-5-9-7-21(8-10(9)6-13(12)22(26)27)14(23)3-4-17(11-1-2-11)15(24)19-16(25)20-17/h5-6,11H,1-4,7-8H2,(H2,19,20,24,25)/t17-/m0/s1. The summed E-state index contributed by atoms with van der Waals surface area (Å²) >= 11 is 5.94. The molecule has 27 heavy (non-hydrogen) atoms. The monoisotopic (exact) mass is 392 g/mol. The van der Waals surface area contributed by atoms with Gasteiger partial charge in [0.1, 0.15) is 10.6 Å². The third kappa shape index (κ3) is 3.01. The number of halogens is 1. The maximum absolute atomic E-state index is 12.7. The molecule has 1 aromatic rings. The van der Waals surface area contributed by atoms with Crippen molar-refractivity contribution in [3.8, 4) is 0 Å². The van der Waals surface area contributed by atoms with E-state index in [1.807, 2.05) is 0 Å². The van der Waals surface area contributed by atoms with Crippen LogP contribution in [0.2, 0.25) is 5.02 Å². The highest BCUT2D eigenvalue weighted by Gasteiger charge is 2.55. The predicted octanol–water partition coefficient (Wildman–Crippen LogP) is 1.86. The van der Waals surface area contributed by atoms with Crippen LogP contribution in [0.25, 0.3) is 0 Å². The lowest BCUT2D eigenvalue weighted by Gasteiger charge is -2.26. The second-order valence-electron chi connectivity index (χ2n) is 7.23. The van der Waals surface area contributed by atoms with E-state index < -0.39 is 16.5 Å². The summed E-state index contributed by atoms with van der Waals surface area (Å²) in [6, 6.07) is 2.41. The zero-order chi connectivity index (χ0) is 19.3. The number of nitrogens with zero attached hydrogens (tertiary/aromatic N) is 2. The number of imide groups is 1. The molecule has 2 fully saturated rings. The number of nitro groups is 1. The molecular weight excluding hydrogens is 376 g/mol. The van der Waals surface area contributed by atoms with Gasteiger partial charge in [0.05, 0.1) is 4.92 Å². The smallest absolute Gasteiger partial charge is 0.322 e. The number of fused-ring (bicyclic) bond motifs is 1. The number of urea groups is 1. The molecule has 1 atom stereocenters. The van der Waals surface area contributed by atoms with Crippen molar-refractivity contribution in [3.05, 3.63) is 38.4 Å². The molecule has 2 aliphatic heterocycles. The molecule has 0 unspecified atom stereocenters. The first-order chi connectivity index (χ1) is 12.8. The van der Waals surface area contributed by atoms with Crippen molar-refractivity contribution in [2.24, 2.45) is 5.92 Å². The fourth-order valence-corrected chi connectivity index (χ4v) is 4.19. The summed E-state index contributed by atoms with van der Waals surface area (Å²) in [6.45, 7) is 0.585. The predicted molar refractivity (Wildman–Crippen MR) is 93.7 cm³/mol. The third-order valence-corrected chi connectivity index (χ3v) is 5.82. The Labute approximate surface area is 159 Å². The van der Waals surface area contributed by atoms with Gasteiger partial charge in [-0.1, -0.05) is 11.6 Å². The maximum Gasteiger partial charge on any atom is 0.322 e. The number of nitro benzene ring substituents is 1. The SMILES string of the molecule is O=C1NC(=O)[C@](CCC(=O)N2Cc3cc(Cl)c([N+](=O)[O-])cc3C2)(C2CC2)N1. The molecule has 2 N–H and O–H groups in total. The Morgan fingerprint density at radius 2 is 1.96 bits per heavy atom. The van der Waals surface area contributed by atoms with E-state index in [0.29, 0.717) is 12.1 Å². The van der Waals surface area contributed by atoms with Crippen molar-refractivity contribution in [3.63, 3.8) is 0 Å². The number of carbonyl (C=O) groups excluding carboxylic acids is 3. The molecule has 10 heteroatoms. The minimum atomic E-state index is -0.999. The van der Waals surface area contributed by atoms with Crippen LogP contribution in [0.15, 0.2) is 12.1 Å². The van der Waals surface area contributed by atoms with Gasteiger partial charge in [-0.3, -0.25) is 25.0 Å². The summed E-state index contributed by atoms with van der Waals surface area (Å²) in [5.74, 6) is -0.470. The molecule has 0 spiro atoms. The Balaban J connectivity index is 1.44. The van der Waals surface area contributed by atoms with E-state index in [4.69, 9.17) is 11.6 Å². The topological polar surface area (TPSA) is 122 Å². The summed E-state index contributed by atoms with van der Waals surface area (Å²) < 4.78 is 0. The lowest BCUT2D eigenvalue weighted by molar-refractivity contribution is -0.384. The fraction of sp³-hybridized carbons (Fsp3) is 0.471. The molecule has 0 bridgehead atoms. The van der Waals surface area contributed by atoms with Gasteiger partial charge in [0, 0.05) is 25.6 Å². The normalized spacial score (nSPS) is 23.8. The largest absolute Gasteiger partial charge is 0.334 e. The molecule has 1 aromatic carbocycles. The van der Waals surface area contributed by atoms with Crippen molar-refractivity contribution in [2.45, 2.75) is 44.3 Å². The first-order valence-electron chi connectivity index (χ1n) is 8.67. The number of nitrogens with one attached hydrogen (secondary N) is 2. The molecule has 1 aliphatic carbocycles. The highest BCUT2D eigenvalue weighted by Crippen LogP contribution is 2.44. The van der Waals surface area contributed by atoms with Gasteiger partial charge in [-0.15, -0.1) is 0 Å². The lowest BCUT2D eigenvalue weighted by atomic mass is 9.88. The quantitative estimate of drug-likeness (QED) is 0.450. The van der Waals surface area contributed by atoms with Crippen LogP contribution >= 0.6 is 11.6 Å². The summed E-state index contributed by atoms with van der Waals surface area (Å²) in [5, 5.41) is 16.0. The van der Waals surface area contributed by atoms with Crippen LogP contribution in [0.1, 0.15) is 36.8 Å². The fourth-order valence-electron chi connectivity index (χ4n) is 3.94. The van der Waals surface area contributed by atoms with Gasteiger partial charge < -0.3 is 10.2 Å². The van der Waals surface area contributed by atoms with Gasteiger partial charge in [0.15, 0.2) is 0 Å². The Hall–Kier alpha value is -2.68. The van der Waals surface area contributed by atoms with E-state index in [2.05, 4.69) is 10.6 Å². The van der Waals surface area contributed by atoms with Crippen molar-refractivity contribution in [1.29, 1.82) is 0 Å². The molecule has 1 saturated carbocycles. The molecule has 142 valence electrons. The number of carbonyl (C=O) groups is 3. The third-order valence-electron chi connectivity index (χ3n) is 5.52. The van der Waals surface area contributed by atoms with E-state index in [1.165, 1.54) is 12.1 Å². The molecule has 4 amide bonds. The Bertz CT molecular complexity index is 884. The average Bonchev–Trinajstić information content (AvgIpc) is 3.30. The van der Waals surface area contributed by atoms with Crippen LogP contribution in [-0.4, -0.2) is 33.2 Å². The minimum Gasteiger partial charge on any atom is -0.334 e. The zero-order valence-corrected chi connectivity index (χ0v) is 15.0. The van der Waals surface area contributed by atoms with E-state index >= 15 is 0 Å². The van der Waals surface area contributed by atoms with Gasteiger partial charge in [-0.25, -0.2) is 4.79 Å². The second kappa shape index (κ2) is 6.19. The summed E-state index contributed by atoms with van der Waals surface area (Å²) in [5.41, 5.74) is 0.301. The Morgan fingerprint density at radius 3 is 2.52 bits per heavy atom. The van der Waals surface area contributed by atoms with Gasteiger partial charge in [-0.2, -0.15) is 0 Å². The van der Waals surface area contributed by atoms with Crippen LogP contribution in [0.4, 0.5) is 10.5 Å². The number of benzene rings is 1. The van der Waals surface area contributed by atoms with Crippen molar-refractivity contribution in [1.82, 2.24) is 15.5 Å². The van der Waals surface area contributed by atoms with Gasteiger partial charge in [-0.05, 0) is 42.4 Å². The first kappa shape index (κ1) is 17.7. The summed E-state index contributed by atoms with van der Waals surface area (Å²) in [4.78, 5) is 48.5. The molecular formula is C17H17ClN4O5. The first-order valence-corrected chi connectivity index (χ1v) is 9.05. The molecule has 2 heterocycles. The van der Waals surface area contributed by atoms with Crippen LogP contribution in [-0.2, 0) is 22.7 Å². The highest BCUT2D eigenvalue weighted by molar-refractivity contribution is 6.32. The van der Waals surface area contributed by atoms with Crippen LogP contribution in [0, 0.1) is 16.0 Å². The maximum atomic E-state index is 12.7. The van der Waals surface area contributed by atoms with E-state index in [-0.39, 0.29) is 47.8 Å². The molecule has 4 rings (SSSR count). The lowest BCUT2D eigenvalue weighted by Crippen LogP contribution is -2.49. The summed E-state index contributed by atoms with van der Waals surface area (Å²) in [6.07, 6.45) is 2.04. The average molecular weight is 393 g/mol. The Kier molecular flexibility index (Phi) is 4.06. The molecule has 0 radical (unpaired) electrons. The molecule has 0 aromatic heterocycles. The van der Waals surface area contributed by atoms with Crippen molar-refractivity contribution < 1.29 is 19.3 Å². The molecule has 3 aliphatic rings.